The zero-order chi connectivity index (χ0) is 17.9. The van der Waals surface area contributed by atoms with E-state index < -0.39 is 10.0 Å². The average molecular weight is 360 g/mol. The van der Waals surface area contributed by atoms with Crippen molar-refractivity contribution in [1.82, 2.24) is 9.71 Å². The molecule has 0 unspecified atom stereocenters. The van der Waals surface area contributed by atoms with Crippen LogP contribution in [0.25, 0.3) is 11.3 Å². The van der Waals surface area contributed by atoms with Crippen LogP contribution < -0.4 is 15.8 Å². The van der Waals surface area contributed by atoms with Gasteiger partial charge in [0.15, 0.2) is 0 Å². The standard InChI is InChI=1S/C18H24N4O2S/c1-20-25(23,24)14-10-11-17(21-13-6-3-2-4-7-13)15(12-14)16-8-5-9-18(19)22-16/h5,8-13,20-21H,2-4,6-7H2,1H3,(H2,19,22). The molecule has 0 bridgehead atoms. The van der Waals surface area contributed by atoms with Gasteiger partial charge in [0.25, 0.3) is 0 Å². The molecule has 1 aliphatic rings. The molecule has 1 aliphatic carbocycles. The summed E-state index contributed by atoms with van der Waals surface area (Å²) in [6.45, 7) is 0. The largest absolute Gasteiger partial charge is 0.384 e. The van der Waals surface area contributed by atoms with Gasteiger partial charge in [0.1, 0.15) is 5.82 Å². The fraction of sp³-hybridized carbons (Fsp3) is 0.389. The highest BCUT2D eigenvalue weighted by Gasteiger charge is 2.19. The number of nitrogens with zero attached hydrogens (tertiary/aromatic N) is 1. The molecule has 6 nitrogen and oxygen atoms in total. The van der Waals surface area contributed by atoms with Crippen molar-refractivity contribution in [3.05, 3.63) is 36.4 Å². The summed E-state index contributed by atoms with van der Waals surface area (Å²) >= 11 is 0. The number of anilines is 2. The van der Waals surface area contributed by atoms with Crippen molar-refractivity contribution in [2.24, 2.45) is 0 Å². The zero-order valence-electron chi connectivity index (χ0n) is 14.3. The second-order valence-corrected chi connectivity index (χ2v) is 8.23. The van der Waals surface area contributed by atoms with Crippen LogP contribution in [0.5, 0.6) is 0 Å². The highest BCUT2D eigenvalue weighted by atomic mass is 32.2. The van der Waals surface area contributed by atoms with E-state index in [-0.39, 0.29) is 4.90 Å². The van der Waals surface area contributed by atoms with Crippen LogP contribution >= 0.6 is 0 Å². The summed E-state index contributed by atoms with van der Waals surface area (Å²) in [6, 6.07) is 10.9. The Labute approximate surface area is 148 Å². The maximum absolute atomic E-state index is 12.2. The fourth-order valence-corrected chi connectivity index (χ4v) is 3.97. The fourth-order valence-electron chi connectivity index (χ4n) is 3.21. The second-order valence-electron chi connectivity index (χ2n) is 6.34. The molecule has 0 amide bonds. The van der Waals surface area contributed by atoms with Gasteiger partial charge in [-0.1, -0.05) is 25.3 Å². The lowest BCUT2D eigenvalue weighted by atomic mass is 9.95. The monoisotopic (exact) mass is 360 g/mol. The third-order valence-corrected chi connectivity index (χ3v) is 5.99. The predicted octanol–water partition coefficient (Wildman–Crippen LogP) is 2.98. The summed E-state index contributed by atoms with van der Waals surface area (Å²) in [4.78, 5) is 4.58. The molecule has 2 aromatic rings. The Bertz CT molecular complexity index is 846. The molecule has 0 atom stereocenters. The minimum absolute atomic E-state index is 0.211. The van der Waals surface area contributed by atoms with Crippen LogP contribution in [0.1, 0.15) is 32.1 Å². The number of aromatic nitrogens is 1. The molecule has 4 N–H and O–H groups in total. The van der Waals surface area contributed by atoms with E-state index >= 15 is 0 Å². The van der Waals surface area contributed by atoms with Gasteiger partial charge >= 0.3 is 0 Å². The first-order valence-electron chi connectivity index (χ1n) is 8.56. The Hall–Kier alpha value is -2.12. The number of hydrogen-bond acceptors (Lipinski definition) is 5. The third kappa shape index (κ3) is 4.11. The Morgan fingerprint density at radius 2 is 1.88 bits per heavy atom. The number of pyridine rings is 1. The summed E-state index contributed by atoms with van der Waals surface area (Å²) in [6.07, 6.45) is 5.97. The van der Waals surface area contributed by atoms with Crippen molar-refractivity contribution in [3.8, 4) is 11.3 Å². The molecule has 0 spiro atoms. The van der Waals surface area contributed by atoms with E-state index in [4.69, 9.17) is 5.73 Å². The summed E-state index contributed by atoms with van der Waals surface area (Å²) in [5.74, 6) is 0.406. The summed E-state index contributed by atoms with van der Waals surface area (Å²) in [7, 11) is -2.12. The lowest BCUT2D eigenvalue weighted by Gasteiger charge is -2.25. The average Bonchev–Trinajstić information content (AvgIpc) is 2.63. The Morgan fingerprint density at radius 1 is 1.12 bits per heavy atom. The molecule has 1 heterocycles. The predicted molar refractivity (Wildman–Crippen MR) is 101 cm³/mol. The van der Waals surface area contributed by atoms with Crippen molar-refractivity contribution >= 4 is 21.5 Å². The number of nitrogen functional groups attached to an aromatic ring is 1. The van der Waals surface area contributed by atoms with Crippen LogP contribution in [0, 0.1) is 0 Å². The van der Waals surface area contributed by atoms with Crippen LogP contribution in [-0.2, 0) is 10.0 Å². The molecule has 0 saturated heterocycles. The van der Waals surface area contributed by atoms with Crippen molar-refractivity contribution in [2.45, 2.75) is 43.0 Å². The van der Waals surface area contributed by atoms with Gasteiger partial charge in [-0.3, -0.25) is 0 Å². The smallest absolute Gasteiger partial charge is 0.240 e. The van der Waals surface area contributed by atoms with E-state index in [0.29, 0.717) is 17.6 Å². The van der Waals surface area contributed by atoms with Gasteiger partial charge in [0.2, 0.25) is 10.0 Å². The van der Waals surface area contributed by atoms with Crippen molar-refractivity contribution in [3.63, 3.8) is 0 Å². The number of sulfonamides is 1. The SMILES string of the molecule is CNS(=O)(=O)c1ccc(NC2CCCCC2)c(-c2cccc(N)n2)c1. The molecule has 1 aromatic carbocycles. The minimum atomic E-state index is -3.53. The first-order valence-corrected chi connectivity index (χ1v) is 10.0. The molecule has 134 valence electrons. The van der Waals surface area contributed by atoms with Crippen LogP contribution in [0.2, 0.25) is 0 Å². The second kappa shape index (κ2) is 7.41. The van der Waals surface area contributed by atoms with E-state index in [2.05, 4.69) is 15.0 Å². The maximum atomic E-state index is 12.2. The van der Waals surface area contributed by atoms with Crippen molar-refractivity contribution in [2.75, 3.05) is 18.1 Å². The highest BCUT2D eigenvalue weighted by Crippen LogP contribution is 2.32. The molecule has 1 saturated carbocycles. The molecule has 0 radical (unpaired) electrons. The topological polar surface area (TPSA) is 97.1 Å². The number of hydrogen-bond donors (Lipinski definition) is 3. The van der Waals surface area contributed by atoms with Gasteiger partial charge in [-0.2, -0.15) is 0 Å². The molecule has 1 fully saturated rings. The first kappa shape index (κ1) is 17.7. The Morgan fingerprint density at radius 3 is 2.56 bits per heavy atom. The number of benzene rings is 1. The Balaban J connectivity index is 2.04. The molecular formula is C18H24N4O2S. The van der Waals surface area contributed by atoms with E-state index in [1.54, 1.807) is 18.2 Å². The number of nitrogens with two attached hydrogens (primary N) is 1. The van der Waals surface area contributed by atoms with Gasteiger partial charge in [-0.05, 0) is 50.2 Å². The van der Waals surface area contributed by atoms with Gasteiger partial charge in [-0.25, -0.2) is 18.1 Å². The number of rotatable bonds is 5. The maximum Gasteiger partial charge on any atom is 0.240 e. The molecular weight excluding hydrogens is 336 g/mol. The zero-order valence-corrected chi connectivity index (χ0v) is 15.1. The highest BCUT2D eigenvalue weighted by molar-refractivity contribution is 7.89. The lowest BCUT2D eigenvalue weighted by Crippen LogP contribution is -2.23. The van der Waals surface area contributed by atoms with Gasteiger partial charge in [-0.15, -0.1) is 0 Å². The van der Waals surface area contributed by atoms with Crippen LogP contribution in [0.4, 0.5) is 11.5 Å². The molecule has 0 aliphatic heterocycles. The molecule has 1 aromatic heterocycles. The Kier molecular flexibility index (Phi) is 5.24. The molecule has 3 rings (SSSR count). The van der Waals surface area contributed by atoms with E-state index in [1.807, 2.05) is 18.2 Å². The van der Waals surface area contributed by atoms with Crippen LogP contribution in [0.15, 0.2) is 41.3 Å². The minimum Gasteiger partial charge on any atom is -0.384 e. The van der Waals surface area contributed by atoms with E-state index in [1.165, 1.54) is 26.3 Å². The first-order chi connectivity index (χ1) is 12.0. The molecule has 7 heteroatoms. The van der Waals surface area contributed by atoms with Crippen molar-refractivity contribution in [1.29, 1.82) is 0 Å². The lowest BCUT2D eigenvalue weighted by molar-refractivity contribution is 0.463. The summed E-state index contributed by atoms with van der Waals surface area (Å²) in [5, 5.41) is 3.57. The quantitative estimate of drug-likeness (QED) is 0.761. The summed E-state index contributed by atoms with van der Waals surface area (Å²) < 4.78 is 26.7. The van der Waals surface area contributed by atoms with E-state index in [0.717, 1.165) is 24.1 Å². The normalized spacial score (nSPS) is 15.9. The van der Waals surface area contributed by atoms with Gasteiger partial charge in [0, 0.05) is 17.3 Å². The van der Waals surface area contributed by atoms with Crippen LogP contribution in [0.3, 0.4) is 0 Å². The van der Waals surface area contributed by atoms with Gasteiger partial charge < -0.3 is 11.1 Å². The molecule has 25 heavy (non-hydrogen) atoms. The van der Waals surface area contributed by atoms with Crippen LogP contribution in [-0.4, -0.2) is 26.5 Å². The van der Waals surface area contributed by atoms with E-state index in [9.17, 15) is 8.42 Å². The third-order valence-electron chi connectivity index (χ3n) is 4.58. The summed E-state index contributed by atoms with van der Waals surface area (Å²) in [5.41, 5.74) is 8.11. The number of nitrogens with one attached hydrogen (secondary N) is 2. The van der Waals surface area contributed by atoms with Crippen molar-refractivity contribution < 1.29 is 8.42 Å². The van der Waals surface area contributed by atoms with Gasteiger partial charge in [0.05, 0.1) is 10.6 Å².